The topological polar surface area (TPSA) is 48.1 Å². The molecule has 0 amide bonds. The summed E-state index contributed by atoms with van der Waals surface area (Å²) in [6.07, 6.45) is 0. The highest BCUT2D eigenvalue weighted by molar-refractivity contribution is 6.30. The van der Waals surface area contributed by atoms with Gasteiger partial charge in [0, 0.05) is 44.0 Å². The van der Waals surface area contributed by atoms with Crippen molar-refractivity contribution >= 4 is 11.6 Å². The molecule has 1 aliphatic rings. The summed E-state index contributed by atoms with van der Waals surface area (Å²) in [5.41, 5.74) is 5.61. The van der Waals surface area contributed by atoms with Gasteiger partial charge in [0.1, 0.15) is 5.15 Å². The molecule has 0 spiro atoms. The fraction of sp³-hybridized carbons (Fsp3) is 0.625. The molecule has 2 aromatic rings. The average Bonchev–Trinajstić information content (AvgIpc) is 2.90. The minimum atomic E-state index is 0.202. The summed E-state index contributed by atoms with van der Waals surface area (Å²) < 4.78 is 9.44. The Morgan fingerprint density at radius 1 is 1.13 bits per heavy atom. The van der Waals surface area contributed by atoms with E-state index in [4.69, 9.17) is 16.3 Å². The molecule has 23 heavy (non-hydrogen) atoms. The van der Waals surface area contributed by atoms with Gasteiger partial charge >= 0.3 is 0 Å². The number of aryl methyl sites for hydroxylation is 4. The van der Waals surface area contributed by atoms with Gasteiger partial charge < -0.3 is 4.74 Å². The zero-order chi connectivity index (χ0) is 16.7. The molecule has 3 rings (SSSR count). The minimum Gasteiger partial charge on any atom is -0.378 e. The van der Waals surface area contributed by atoms with E-state index in [1.165, 1.54) is 11.3 Å². The molecule has 3 heterocycles. The number of morpholine rings is 1. The Morgan fingerprint density at radius 3 is 2.39 bits per heavy atom. The standard InChI is InChI=1S/C16H24ClN5O/c1-10-13(16(17)21(5)18-10)8-22-6-7-23-9-14(22)15-11(2)19-20(4)12(15)3/h14H,6-9H2,1-5H3/t14-/m0/s1. The lowest BCUT2D eigenvalue weighted by molar-refractivity contribution is -0.0132. The van der Waals surface area contributed by atoms with E-state index in [0.29, 0.717) is 11.8 Å². The van der Waals surface area contributed by atoms with Gasteiger partial charge in [-0.25, -0.2) is 0 Å². The van der Waals surface area contributed by atoms with Crippen LogP contribution in [0.4, 0.5) is 0 Å². The van der Waals surface area contributed by atoms with E-state index >= 15 is 0 Å². The van der Waals surface area contributed by atoms with Crippen LogP contribution in [0, 0.1) is 20.8 Å². The SMILES string of the molecule is Cc1nn(C)c(Cl)c1CN1CCOC[C@H]1c1c(C)nn(C)c1C. The average molecular weight is 338 g/mol. The van der Waals surface area contributed by atoms with Crippen LogP contribution >= 0.6 is 11.6 Å². The molecule has 126 valence electrons. The highest BCUT2D eigenvalue weighted by atomic mass is 35.5. The van der Waals surface area contributed by atoms with Gasteiger partial charge in [0.2, 0.25) is 0 Å². The molecule has 1 atom stereocenters. The van der Waals surface area contributed by atoms with Crippen molar-refractivity contribution < 1.29 is 4.74 Å². The van der Waals surface area contributed by atoms with Gasteiger partial charge in [0.25, 0.3) is 0 Å². The number of nitrogens with zero attached hydrogens (tertiary/aromatic N) is 5. The summed E-state index contributed by atoms with van der Waals surface area (Å²) in [7, 11) is 3.87. The van der Waals surface area contributed by atoms with Crippen molar-refractivity contribution in [2.75, 3.05) is 19.8 Å². The Kier molecular flexibility index (Phi) is 4.49. The smallest absolute Gasteiger partial charge is 0.131 e. The second-order valence-electron chi connectivity index (χ2n) is 6.25. The van der Waals surface area contributed by atoms with Crippen molar-refractivity contribution in [1.82, 2.24) is 24.5 Å². The van der Waals surface area contributed by atoms with Gasteiger partial charge in [-0.1, -0.05) is 11.6 Å². The van der Waals surface area contributed by atoms with E-state index in [2.05, 4.69) is 28.9 Å². The van der Waals surface area contributed by atoms with Crippen molar-refractivity contribution in [2.24, 2.45) is 14.1 Å². The van der Waals surface area contributed by atoms with Crippen LogP contribution < -0.4 is 0 Å². The second-order valence-corrected chi connectivity index (χ2v) is 6.61. The van der Waals surface area contributed by atoms with Crippen LogP contribution in [0.1, 0.15) is 34.3 Å². The van der Waals surface area contributed by atoms with Crippen LogP contribution in [0.5, 0.6) is 0 Å². The maximum Gasteiger partial charge on any atom is 0.131 e. The molecule has 0 radical (unpaired) electrons. The Hall–Kier alpha value is -1.37. The van der Waals surface area contributed by atoms with Crippen molar-refractivity contribution in [1.29, 1.82) is 0 Å². The largest absolute Gasteiger partial charge is 0.378 e. The van der Waals surface area contributed by atoms with Crippen LogP contribution in [-0.2, 0) is 25.4 Å². The zero-order valence-corrected chi connectivity index (χ0v) is 15.2. The summed E-state index contributed by atoms with van der Waals surface area (Å²) in [6, 6.07) is 0.202. The fourth-order valence-corrected chi connectivity index (χ4v) is 3.66. The van der Waals surface area contributed by atoms with E-state index < -0.39 is 0 Å². The van der Waals surface area contributed by atoms with Gasteiger partial charge in [-0.15, -0.1) is 0 Å². The first-order chi connectivity index (χ1) is 10.9. The van der Waals surface area contributed by atoms with Gasteiger partial charge in [-0.2, -0.15) is 10.2 Å². The predicted molar refractivity (Wildman–Crippen MR) is 89.6 cm³/mol. The Labute approximate surface area is 142 Å². The summed E-state index contributed by atoms with van der Waals surface area (Å²) in [6.45, 7) is 9.28. The van der Waals surface area contributed by atoms with Gasteiger partial charge in [-0.05, 0) is 20.8 Å². The van der Waals surface area contributed by atoms with Crippen molar-refractivity contribution in [3.8, 4) is 0 Å². The van der Waals surface area contributed by atoms with E-state index in [9.17, 15) is 0 Å². The van der Waals surface area contributed by atoms with Crippen LogP contribution in [0.25, 0.3) is 0 Å². The van der Waals surface area contributed by atoms with E-state index in [0.717, 1.165) is 36.6 Å². The molecular weight excluding hydrogens is 314 g/mol. The summed E-state index contributed by atoms with van der Waals surface area (Å²) in [5.74, 6) is 0. The summed E-state index contributed by atoms with van der Waals surface area (Å²) in [5, 5.41) is 9.70. The van der Waals surface area contributed by atoms with Crippen LogP contribution in [-0.4, -0.2) is 44.2 Å². The fourth-order valence-electron chi connectivity index (χ4n) is 3.42. The number of hydrogen-bond donors (Lipinski definition) is 0. The molecule has 0 bridgehead atoms. The number of rotatable bonds is 3. The predicted octanol–water partition coefficient (Wildman–Crippen LogP) is 2.31. The molecule has 2 aromatic heterocycles. The molecular formula is C16H24ClN5O. The second kappa shape index (κ2) is 6.26. The normalized spacial score (nSPS) is 19.5. The first-order valence-electron chi connectivity index (χ1n) is 7.90. The molecule has 1 fully saturated rings. The molecule has 6 nitrogen and oxygen atoms in total. The lowest BCUT2D eigenvalue weighted by Gasteiger charge is -2.36. The van der Waals surface area contributed by atoms with Crippen LogP contribution in [0.3, 0.4) is 0 Å². The van der Waals surface area contributed by atoms with Crippen molar-refractivity contribution in [2.45, 2.75) is 33.4 Å². The molecule has 1 aliphatic heterocycles. The number of halogens is 1. The molecule has 0 aliphatic carbocycles. The summed E-state index contributed by atoms with van der Waals surface area (Å²) in [4.78, 5) is 2.43. The Morgan fingerprint density at radius 2 is 1.83 bits per heavy atom. The monoisotopic (exact) mass is 337 g/mol. The Balaban J connectivity index is 1.93. The quantitative estimate of drug-likeness (QED) is 0.862. The van der Waals surface area contributed by atoms with E-state index in [1.807, 2.05) is 25.7 Å². The van der Waals surface area contributed by atoms with Crippen molar-refractivity contribution in [3.63, 3.8) is 0 Å². The maximum atomic E-state index is 6.42. The molecule has 0 N–H and O–H groups in total. The van der Waals surface area contributed by atoms with Crippen LogP contribution in [0.15, 0.2) is 0 Å². The van der Waals surface area contributed by atoms with Crippen LogP contribution in [0.2, 0.25) is 5.15 Å². The third-order valence-corrected chi connectivity index (χ3v) is 5.24. The number of hydrogen-bond acceptors (Lipinski definition) is 4. The van der Waals surface area contributed by atoms with Gasteiger partial charge in [0.05, 0.1) is 30.6 Å². The summed E-state index contributed by atoms with van der Waals surface area (Å²) >= 11 is 6.42. The highest BCUT2D eigenvalue weighted by Gasteiger charge is 2.30. The lowest BCUT2D eigenvalue weighted by atomic mass is 10.0. The molecule has 7 heteroatoms. The third-order valence-electron chi connectivity index (χ3n) is 4.77. The number of aromatic nitrogens is 4. The molecule has 0 saturated carbocycles. The first-order valence-corrected chi connectivity index (χ1v) is 8.27. The van der Waals surface area contributed by atoms with E-state index in [-0.39, 0.29) is 6.04 Å². The third kappa shape index (κ3) is 2.91. The minimum absolute atomic E-state index is 0.202. The van der Waals surface area contributed by atoms with Crippen molar-refractivity contribution in [3.05, 3.63) is 33.4 Å². The first kappa shape index (κ1) is 16.5. The van der Waals surface area contributed by atoms with Gasteiger partial charge in [-0.3, -0.25) is 14.3 Å². The molecule has 1 saturated heterocycles. The number of ether oxygens (including phenoxy) is 1. The zero-order valence-electron chi connectivity index (χ0n) is 14.4. The highest BCUT2D eigenvalue weighted by Crippen LogP contribution is 2.32. The molecule has 0 unspecified atom stereocenters. The van der Waals surface area contributed by atoms with Gasteiger partial charge in [0.15, 0.2) is 0 Å². The maximum absolute atomic E-state index is 6.42. The molecule has 0 aromatic carbocycles. The lowest BCUT2D eigenvalue weighted by Crippen LogP contribution is -2.39. The Bertz CT molecular complexity index is 721. The van der Waals surface area contributed by atoms with E-state index in [1.54, 1.807) is 4.68 Å².